The van der Waals surface area contributed by atoms with Crippen LogP contribution in [0.3, 0.4) is 0 Å². The molecule has 2 N–H and O–H groups in total. The van der Waals surface area contributed by atoms with Crippen molar-refractivity contribution < 1.29 is 0 Å². The van der Waals surface area contributed by atoms with E-state index in [9.17, 15) is 0 Å². The SMILES string of the molecule is CC(C)c1nc(-c2ccc(Cl)cc2)nc(N)c1Br. The Hall–Kier alpha value is -1.13. The first-order valence-corrected chi connectivity index (χ1v) is 6.75. The third-order valence-electron chi connectivity index (χ3n) is 2.55. The van der Waals surface area contributed by atoms with Gasteiger partial charge in [0, 0.05) is 10.6 Å². The number of rotatable bonds is 2. The van der Waals surface area contributed by atoms with Gasteiger partial charge in [-0.25, -0.2) is 9.97 Å². The van der Waals surface area contributed by atoms with Gasteiger partial charge in [-0.3, -0.25) is 0 Å². The summed E-state index contributed by atoms with van der Waals surface area (Å²) in [5.74, 6) is 1.35. The number of nitrogen functional groups attached to an aromatic ring is 1. The van der Waals surface area contributed by atoms with Crippen molar-refractivity contribution in [3.63, 3.8) is 0 Å². The highest BCUT2D eigenvalue weighted by molar-refractivity contribution is 9.10. The van der Waals surface area contributed by atoms with E-state index in [2.05, 4.69) is 39.7 Å². The molecule has 94 valence electrons. The van der Waals surface area contributed by atoms with Crippen LogP contribution in [0, 0.1) is 0 Å². The minimum Gasteiger partial charge on any atom is -0.383 e. The highest BCUT2D eigenvalue weighted by Crippen LogP contribution is 2.29. The lowest BCUT2D eigenvalue weighted by atomic mass is 10.1. The molecule has 1 aromatic heterocycles. The first kappa shape index (κ1) is 13.3. The number of hydrogen-bond donors (Lipinski definition) is 1. The molecule has 3 nitrogen and oxygen atoms in total. The van der Waals surface area contributed by atoms with Crippen molar-refractivity contribution in [3.05, 3.63) is 39.5 Å². The summed E-state index contributed by atoms with van der Waals surface area (Å²) in [6.07, 6.45) is 0. The number of aromatic nitrogens is 2. The molecule has 0 spiro atoms. The van der Waals surface area contributed by atoms with Crippen LogP contribution in [0.25, 0.3) is 11.4 Å². The Morgan fingerprint density at radius 2 is 1.78 bits per heavy atom. The van der Waals surface area contributed by atoms with Crippen molar-refractivity contribution in [1.29, 1.82) is 0 Å². The fourth-order valence-corrected chi connectivity index (χ4v) is 2.35. The first-order valence-electron chi connectivity index (χ1n) is 5.58. The number of nitrogens with two attached hydrogens (primary N) is 1. The van der Waals surface area contributed by atoms with E-state index in [-0.39, 0.29) is 5.92 Å². The summed E-state index contributed by atoms with van der Waals surface area (Å²) in [5, 5.41) is 0.688. The summed E-state index contributed by atoms with van der Waals surface area (Å²) in [6.45, 7) is 4.14. The zero-order valence-electron chi connectivity index (χ0n) is 10.1. The average Bonchev–Trinajstić information content (AvgIpc) is 2.33. The fourth-order valence-electron chi connectivity index (χ4n) is 1.59. The first-order chi connectivity index (χ1) is 8.49. The standard InChI is InChI=1S/C13H13BrClN3/c1-7(2)11-10(14)12(16)18-13(17-11)8-3-5-9(15)6-4-8/h3-7H,1-2H3,(H2,16,17,18). The second kappa shape index (κ2) is 5.24. The summed E-state index contributed by atoms with van der Waals surface area (Å²) in [7, 11) is 0. The van der Waals surface area contributed by atoms with Crippen molar-refractivity contribution in [1.82, 2.24) is 9.97 Å². The molecule has 1 heterocycles. The van der Waals surface area contributed by atoms with Crippen LogP contribution in [-0.2, 0) is 0 Å². The quantitative estimate of drug-likeness (QED) is 0.897. The van der Waals surface area contributed by atoms with E-state index in [1.807, 2.05) is 24.3 Å². The molecule has 0 saturated carbocycles. The molecule has 0 aliphatic rings. The van der Waals surface area contributed by atoms with Gasteiger partial charge in [-0.15, -0.1) is 0 Å². The van der Waals surface area contributed by atoms with Crippen LogP contribution < -0.4 is 5.73 Å². The van der Waals surface area contributed by atoms with Gasteiger partial charge < -0.3 is 5.73 Å². The van der Waals surface area contributed by atoms with Crippen LogP contribution in [0.15, 0.2) is 28.7 Å². The second-order valence-corrected chi connectivity index (χ2v) is 5.52. The molecule has 0 amide bonds. The summed E-state index contributed by atoms with van der Waals surface area (Å²) in [4.78, 5) is 8.84. The number of benzene rings is 1. The zero-order chi connectivity index (χ0) is 13.3. The Labute approximate surface area is 120 Å². The summed E-state index contributed by atoms with van der Waals surface area (Å²) in [6, 6.07) is 7.39. The Kier molecular flexibility index (Phi) is 3.88. The minimum absolute atomic E-state index is 0.274. The van der Waals surface area contributed by atoms with E-state index in [0.29, 0.717) is 16.7 Å². The smallest absolute Gasteiger partial charge is 0.161 e. The maximum Gasteiger partial charge on any atom is 0.161 e. The lowest BCUT2D eigenvalue weighted by molar-refractivity contribution is 0.811. The van der Waals surface area contributed by atoms with Gasteiger partial charge in [-0.05, 0) is 46.1 Å². The minimum atomic E-state index is 0.274. The summed E-state index contributed by atoms with van der Waals surface area (Å²) >= 11 is 9.29. The molecule has 1 aromatic carbocycles. The van der Waals surface area contributed by atoms with Crippen LogP contribution in [0.2, 0.25) is 5.02 Å². The van der Waals surface area contributed by atoms with Crippen molar-refractivity contribution in [2.45, 2.75) is 19.8 Å². The predicted molar refractivity (Wildman–Crippen MR) is 78.7 cm³/mol. The van der Waals surface area contributed by atoms with Crippen LogP contribution in [-0.4, -0.2) is 9.97 Å². The Morgan fingerprint density at radius 1 is 1.17 bits per heavy atom. The van der Waals surface area contributed by atoms with Gasteiger partial charge in [0.2, 0.25) is 0 Å². The van der Waals surface area contributed by atoms with Crippen LogP contribution in [0.1, 0.15) is 25.5 Å². The fraction of sp³-hybridized carbons (Fsp3) is 0.231. The molecule has 18 heavy (non-hydrogen) atoms. The molecule has 0 fully saturated rings. The Morgan fingerprint density at radius 3 is 2.33 bits per heavy atom. The summed E-state index contributed by atoms with van der Waals surface area (Å²) < 4.78 is 0.773. The molecule has 0 aliphatic carbocycles. The Balaban J connectivity index is 2.55. The number of halogens is 2. The second-order valence-electron chi connectivity index (χ2n) is 4.29. The maximum absolute atomic E-state index is 5.90. The molecule has 0 saturated heterocycles. The van der Waals surface area contributed by atoms with Crippen molar-refractivity contribution in [3.8, 4) is 11.4 Å². The number of hydrogen-bond acceptors (Lipinski definition) is 3. The topological polar surface area (TPSA) is 51.8 Å². The third kappa shape index (κ3) is 2.65. The Bertz CT molecular complexity index is 567. The molecule has 0 unspecified atom stereocenters. The van der Waals surface area contributed by atoms with Gasteiger partial charge >= 0.3 is 0 Å². The molecule has 0 radical (unpaired) electrons. The average molecular weight is 327 g/mol. The van der Waals surface area contributed by atoms with E-state index >= 15 is 0 Å². The van der Waals surface area contributed by atoms with Crippen molar-refractivity contribution >= 4 is 33.3 Å². The van der Waals surface area contributed by atoms with E-state index < -0.39 is 0 Å². The predicted octanol–water partition coefficient (Wildman–Crippen LogP) is 4.27. The highest BCUT2D eigenvalue weighted by Gasteiger charge is 2.13. The van der Waals surface area contributed by atoms with Gasteiger partial charge in [0.25, 0.3) is 0 Å². The molecule has 5 heteroatoms. The molecule has 0 bridgehead atoms. The van der Waals surface area contributed by atoms with Crippen LogP contribution in [0.5, 0.6) is 0 Å². The maximum atomic E-state index is 5.90. The molecule has 0 atom stereocenters. The number of anilines is 1. The van der Waals surface area contributed by atoms with Gasteiger partial charge in [-0.1, -0.05) is 25.4 Å². The van der Waals surface area contributed by atoms with Gasteiger partial charge in [-0.2, -0.15) is 0 Å². The summed E-state index contributed by atoms with van der Waals surface area (Å²) in [5.41, 5.74) is 7.72. The molecule has 0 aliphatic heterocycles. The molecule has 2 rings (SSSR count). The largest absolute Gasteiger partial charge is 0.383 e. The molecular formula is C13H13BrClN3. The van der Waals surface area contributed by atoms with Crippen molar-refractivity contribution in [2.24, 2.45) is 0 Å². The lowest BCUT2D eigenvalue weighted by Crippen LogP contribution is -2.04. The lowest BCUT2D eigenvalue weighted by Gasteiger charge is -2.11. The van der Waals surface area contributed by atoms with E-state index in [1.165, 1.54) is 0 Å². The van der Waals surface area contributed by atoms with E-state index in [0.717, 1.165) is 15.7 Å². The van der Waals surface area contributed by atoms with Crippen LogP contribution in [0.4, 0.5) is 5.82 Å². The van der Waals surface area contributed by atoms with E-state index in [1.54, 1.807) is 0 Å². The monoisotopic (exact) mass is 325 g/mol. The molecular weight excluding hydrogens is 314 g/mol. The normalized spacial score (nSPS) is 10.9. The number of nitrogens with zero attached hydrogens (tertiary/aromatic N) is 2. The van der Waals surface area contributed by atoms with Crippen LogP contribution >= 0.6 is 27.5 Å². The van der Waals surface area contributed by atoms with Gasteiger partial charge in [0.15, 0.2) is 5.82 Å². The molecule has 2 aromatic rings. The van der Waals surface area contributed by atoms with Crippen molar-refractivity contribution in [2.75, 3.05) is 5.73 Å². The zero-order valence-corrected chi connectivity index (χ0v) is 12.5. The van der Waals surface area contributed by atoms with Gasteiger partial charge in [0.1, 0.15) is 5.82 Å². The highest BCUT2D eigenvalue weighted by atomic mass is 79.9. The van der Waals surface area contributed by atoms with E-state index in [4.69, 9.17) is 17.3 Å². The van der Waals surface area contributed by atoms with Gasteiger partial charge in [0.05, 0.1) is 10.2 Å². The third-order valence-corrected chi connectivity index (χ3v) is 3.62.